The minimum atomic E-state index is -0.579. The molecule has 1 saturated heterocycles. The molecule has 146 valence electrons. The smallest absolute Gasteiger partial charge is 0.311 e. The van der Waals surface area contributed by atoms with E-state index >= 15 is 0 Å². The minimum absolute atomic E-state index is 0.0769. The monoisotopic (exact) mass is 444 g/mol. The molecule has 2 amide bonds. The normalized spacial score (nSPS) is 16.2. The second-order valence-corrected chi connectivity index (χ2v) is 7.70. The summed E-state index contributed by atoms with van der Waals surface area (Å²) in [7, 11) is 0. The van der Waals surface area contributed by atoms with E-state index in [0.717, 1.165) is 21.3 Å². The van der Waals surface area contributed by atoms with Gasteiger partial charge in [0, 0.05) is 28.8 Å². The molecule has 1 fully saturated rings. The predicted octanol–water partition coefficient (Wildman–Crippen LogP) is 3.60. The van der Waals surface area contributed by atoms with Gasteiger partial charge in [0.1, 0.15) is 0 Å². The molecule has 7 heteroatoms. The number of aryl methyl sites for hydroxylation is 1. The first-order valence-electron chi connectivity index (χ1n) is 8.94. The average molecular weight is 445 g/mol. The van der Waals surface area contributed by atoms with Gasteiger partial charge in [0.25, 0.3) is 5.91 Å². The molecule has 28 heavy (non-hydrogen) atoms. The van der Waals surface area contributed by atoms with E-state index in [1.54, 1.807) is 11.0 Å². The lowest BCUT2D eigenvalue weighted by atomic mass is 10.1. The third-order valence-electron chi connectivity index (χ3n) is 4.82. The summed E-state index contributed by atoms with van der Waals surface area (Å²) in [4.78, 5) is 38.2. The Morgan fingerprint density at radius 3 is 2.61 bits per heavy atom. The van der Waals surface area contributed by atoms with Crippen molar-refractivity contribution in [2.75, 3.05) is 23.4 Å². The Kier molecular flexibility index (Phi) is 6.14. The number of nitrogens with zero attached hydrogens (tertiary/aromatic N) is 1. The van der Waals surface area contributed by atoms with Crippen LogP contribution in [0.5, 0.6) is 0 Å². The number of carbonyl (C=O) groups excluding carboxylic acids is 3. The number of halogens is 1. The number of nitrogens with one attached hydrogen (secondary N) is 1. The molecule has 0 radical (unpaired) electrons. The van der Waals surface area contributed by atoms with E-state index in [0.29, 0.717) is 5.69 Å². The van der Waals surface area contributed by atoms with E-state index in [9.17, 15) is 14.4 Å². The average Bonchev–Trinajstić information content (AvgIpc) is 3.06. The fraction of sp³-hybridized carbons (Fsp3) is 0.286. The lowest BCUT2D eigenvalue weighted by Gasteiger charge is -2.16. The molecule has 2 aromatic rings. The van der Waals surface area contributed by atoms with Gasteiger partial charge in [-0.1, -0.05) is 28.1 Å². The first-order chi connectivity index (χ1) is 13.3. The van der Waals surface area contributed by atoms with E-state index in [1.807, 2.05) is 50.2 Å². The number of amides is 2. The minimum Gasteiger partial charge on any atom is -0.455 e. The standard InChI is InChI=1S/C21H21BrN2O4/c1-13-4-3-5-18(14(13)2)23-19(25)12-28-21(27)15-10-20(26)24(11-15)17-8-6-16(22)7-9-17/h3-9,15H,10-12H2,1-2H3,(H,23,25)/t15-/m0/s1. The molecular weight excluding hydrogens is 424 g/mol. The predicted molar refractivity (Wildman–Crippen MR) is 110 cm³/mol. The van der Waals surface area contributed by atoms with Crippen LogP contribution in [0.1, 0.15) is 17.5 Å². The Labute approximate surface area is 172 Å². The highest BCUT2D eigenvalue weighted by atomic mass is 79.9. The number of hydrogen-bond acceptors (Lipinski definition) is 4. The van der Waals surface area contributed by atoms with Crippen LogP contribution >= 0.6 is 15.9 Å². The van der Waals surface area contributed by atoms with Crippen LogP contribution in [-0.4, -0.2) is 30.9 Å². The molecule has 2 aromatic carbocycles. The van der Waals surface area contributed by atoms with Crippen LogP contribution in [0.25, 0.3) is 0 Å². The van der Waals surface area contributed by atoms with Gasteiger partial charge in [0.05, 0.1) is 5.92 Å². The lowest BCUT2D eigenvalue weighted by Crippen LogP contribution is -2.28. The number of anilines is 2. The molecule has 0 aromatic heterocycles. The van der Waals surface area contributed by atoms with Gasteiger partial charge in [-0.15, -0.1) is 0 Å². The second kappa shape index (κ2) is 8.56. The number of benzene rings is 2. The van der Waals surface area contributed by atoms with Crippen molar-refractivity contribution >= 4 is 45.1 Å². The van der Waals surface area contributed by atoms with Gasteiger partial charge in [-0.25, -0.2) is 0 Å². The van der Waals surface area contributed by atoms with Gasteiger partial charge >= 0.3 is 5.97 Å². The first-order valence-corrected chi connectivity index (χ1v) is 9.73. The summed E-state index contributed by atoms with van der Waals surface area (Å²) < 4.78 is 6.06. The topological polar surface area (TPSA) is 75.7 Å². The summed E-state index contributed by atoms with van der Waals surface area (Å²) >= 11 is 3.35. The molecule has 1 aliphatic rings. The van der Waals surface area contributed by atoms with Gasteiger partial charge in [-0.05, 0) is 55.3 Å². The van der Waals surface area contributed by atoms with Crippen LogP contribution in [-0.2, 0) is 19.1 Å². The number of carbonyl (C=O) groups is 3. The van der Waals surface area contributed by atoms with Gasteiger partial charge < -0.3 is 15.0 Å². The van der Waals surface area contributed by atoms with Gasteiger partial charge in [0.15, 0.2) is 6.61 Å². The molecule has 0 spiro atoms. The maximum absolute atomic E-state index is 12.3. The zero-order valence-corrected chi connectivity index (χ0v) is 17.3. The van der Waals surface area contributed by atoms with Crippen molar-refractivity contribution in [1.82, 2.24) is 0 Å². The Hall–Kier alpha value is -2.67. The first kappa shape index (κ1) is 20.1. The quantitative estimate of drug-likeness (QED) is 0.714. The van der Waals surface area contributed by atoms with Gasteiger partial charge in [0.2, 0.25) is 5.91 Å². The highest BCUT2D eigenvalue weighted by molar-refractivity contribution is 9.10. The lowest BCUT2D eigenvalue weighted by molar-refractivity contribution is -0.151. The molecule has 0 saturated carbocycles. The van der Waals surface area contributed by atoms with Crippen molar-refractivity contribution in [2.45, 2.75) is 20.3 Å². The van der Waals surface area contributed by atoms with Crippen molar-refractivity contribution in [3.8, 4) is 0 Å². The highest BCUT2D eigenvalue weighted by Gasteiger charge is 2.36. The zero-order valence-electron chi connectivity index (χ0n) is 15.7. The third kappa shape index (κ3) is 4.59. The number of ether oxygens (including phenoxy) is 1. The Morgan fingerprint density at radius 1 is 1.18 bits per heavy atom. The summed E-state index contributed by atoms with van der Waals surface area (Å²) in [5.74, 6) is -1.66. The Balaban J connectivity index is 1.53. The molecular formula is C21H21BrN2O4. The molecule has 0 aliphatic carbocycles. The van der Waals surface area contributed by atoms with Gasteiger partial charge in [-0.3, -0.25) is 14.4 Å². The van der Waals surface area contributed by atoms with Crippen molar-refractivity contribution in [3.05, 3.63) is 58.1 Å². The van der Waals surface area contributed by atoms with E-state index < -0.39 is 17.8 Å². The molecule has 1 N–H and O–H groups in total. The van der Waals surface area contributed by atoms with Crippen LogP contribution in [0.4, 0.5) is 11.4 Å². The zero-order chi connectivity index (χ0) is 20.3. The highest BCUT2D eigenvalue weighted by Crippen LogP contribution is 2.27. The number of rotatable bonds is 5. The van der Waals surface area contributed by atoms with Crippen LogP contribution in [0.3, 0.4) is 0 Å². The Morgan fingerprint density at radius 2 is 1.89 bits per heavy atom. The van der Waals surface area contributed by atoms with Gasteiger partial charge in [-0.2, -0.15) is 0 Å². The van der Waals surface area contributed by atoms with Crippen molar-refractivity contribution in [2.24, 2.45) is 5.92 Å². The fourth-order valence-electron chi connectivity index (χ4n) is 3.06. The summed E-state index contributed by atoms with van der Waals surface area (Å²) in [6.45, 7) is 3.74. The number of hydrogen-bond donors (Lipinski definition) is 1. The van der Waals surface area contributed by atoms with E-state index in [1.165, 1.54) is 0 Å². The number of esters is 1. The molecule has 1 aliphatic heterocycles. The second-order valence-electron chi connectivity index (χ2n) is 6.79. The molecule has 1 heterocycles. The maximum Gasteiger partial charge on any atom is 0.311 e. The summed E-state index contributed by atoms with van der Waals surface area (Å²) in [6, 6.07) is 12.9. The van der Waals surface area contributed by atoms with Crippen LogP contribution in [0.2, 0.25) is 0 Å². The van der Waals surface area contributed by atoms with Crippen LogP contribution < -0.4 is 10.2 Å². The summed E-state index contributed by atoms with van der Waals surface area (Å²) in [6.07, 6.45) is 0.0769. The van der Waals surface area contributed by atoms with E-state index in [4.69, 9.17) is 4.74 Å². The SMILES string of the molecule is Cc1cccc(NC(=O)COC(=O)[C@H]2CC(=O)N(c3ccc(Br)cc3)C2)c1C. The fourth-order valence-corrected chi connectivity index (χ4v) is 3.33. The van der Waals surface area contributed by atoms with Crippen LogP contribution in [0.15, 0.2) is 46.9 Å². The maximum atomic E-state index is 12.3. The van der Waals surface area contributed by atoms with Crippen LogP contribution in [0, 0.1) is 19.8 Å². The molecule has 0 unspecified atom stereocenters. The molecule has 3 rings (SSSR count). The Bertz CT molecular complexity index is 911. The summed E-state index contributed by atoms with van der Waals surface area (Å²) in [5.41, 5.74) is 3.45. The van der Waals surface area contributed by atoms with Crippen molar-refractivity contribution in [3.63, 3.8) is 0 Å². The summed E-state index contributed by atoms with van der Waals surface area (Å²) in [5, 5.41) is 2.75. The van der Waals surface area contributed by atoms with E-state index in [-0.39, 0.29) is 25.5 Å². The third-order valence-corrected chi connectivity index (χ3v) is 5.35. The molecule has 6 nitrogen and oxygen atoms in total. The van der Waals surface area contributed by atoms with Crippen molar-refractivity contribution in [1.29, 1.82) is 0 Å². The molecule has 1 atom stereocenters. The largest absolute Gasteiger partial charge is 0.455 e. The van der Waals surface area contributed by atoms with E-state index in [2.05, 4.69) is 21.2 Å². The molecule has 0 bridgehead atoms. The van der Waals surface area contributed by atoms with Crippen molar-refractivity contribution < 1.29 is 19.1 Å².